The number of rotatable bonds is 9. The monoisotopic (exact) mass is 707 g/mol. The summed E-state index contributed by atoms with van der Waals surface area (Å²) in [5, 5.41) is 10.9. The van der Waals surface area contributed by atoms with Gasteiger partial charge in [-0.1, -0.05) is 35.9 Å². The summed E-state index contributed by atoms with van der Waals surface area (Å²) < 4.78 is 52.8. The number of fused-ring (bicyclic) bond motifs is 1. The Balaban J connectivity index is 0.000000671. The molecule has 1 heterocycles. The number of methoxy groups -OCH3 is 1. The van der Waals surface area contributed by atoms with Gasteiger partial charge in [0.25, 0.3) is 5.91 Å². The number of nitrogens with zero attached hydrogens (tertiary/aromatic N) is 2. The van der Waals surface area contributed by atoms with Gasteiger partial charge in [-0.2, -0.15) is 13.2 Å². The maximum atomic E-state index is 14.7. The minimum Gasteiger partial charge on any atom is -0.496 e. The Morgan fingerprint density at radius 1 is 1.06 bits per heavy atom. The highest BCUT2D eigenvalue weighted by molar-refractivity contribution is 7.21. The van der Waals surface area contributed by atoms with E-state index >= 15 is 0 Å². The van der Waals surface area contributed by atoms with Crippen LogP contribution in [0, 0.1) is 5.82 Å². The molecule has 48 heavy (non-hydrogen) atoms. The Labute approximate surface area is 283 Å². The second-order valence-electron chi connectivity index (χ2n) is 11.2. The van der Waals surface area contributed by atoms with Gasteiger partial charge in [0.1, 0.15) is 16.4 Å². The number of halogens is 5. The van der Waals surface area contributed by atoms with Crippen LogP contribution in [0.5, 0.6) is 5.75 Å². The van der Waals surface area contributed by atoms with Gasteiger partial charge in [0, 0.05) is 47.0 Å². The molecule has 0 bridgehead atoms. The molecule has 4 aromatic rings. The van der Waals surface area contributed by atoms with E-state index in [-0.39, 0.29) is 17.0 Å². The van der Waals surface area contributed by atoms with Crippen molar-refractivity contribution in [2.45, 2.75) is 50.5 Å². The number of alkyl halides is 3. The predicted octanol–water partition coefficient (Wildman–Crippen LogP) is 7.77. The molecule has 14 heteroatoms. The van der Waals surface area contributed by atoms with Crippen LogP contribution < -0.4 is 15.0 Å². The van der Waals surface area contributed by atoms with Crippen LogP contribution in [0.2, 0.25) is 5.02 Å². The van der Waals surface area contributed by atoms with Crippen LogP contribution in [-0.4, -0.2) is 67.8 Å². The zero-order valence-corrected chi connectivity index (χ0v) is 27.9. The number of aliphatic carboxylic acids is 1. The molecule has 0 saturated heterocycles. The SMILES string of the molecule is CNC1CCC(N(Cc2cc(-c3ccc(N(C)C=O)cc3)ccc2OC)C(=O)c2sc3cccc(F)c3c2Cl)CC1.O=C(O)C(F)(F)F. The van der Waals surface area contributed by atoms with Gasteiger partial charge in [-0.3, -0.25) is 9.59 Å². The van der Waals surface area contributed by atoms with Crippen molar-refractivity contribution in [2.75, 3.05) is 26.1 Å². The number of thiophene rings is 1. The Kier molecular flexibility index (Phi) is 12.1. The quantitative estimate of drug-likeness (QED) is 0.136. The first-order chi connectivity index (χ1) is 22.8. The summed E-state index contributed by atoms with van der Waals surface area (Å²) in [4.78, 5) is 38.0. The van der Waals surface area contributed by atoms with Crippen LogP contribution in [0.1, 0.15) is 40.9 Å². The van der Waals surface area contributed by atoms with E-state index in [1.807, 2.05) is 54.4 Å². The molecule has 0 aliphatic heterocycles. The maximum Gasteiger partial charge on any atom is 0.490 e. The molecule has 2 N–H and O–H groups in total. The van der Waals surface area contributed by atoms with Crippen molar-refractivity contribution in [2.24, 2.45) is 0 Å². The van der Waals surface area contributed by atoms with Crippen molar-refractivity contribution in [1.82, 2.24) is 10.2 Å². The minimum absolute atomic E-state index is 0.00440. The zero-order valence-electron chi connectivity index (χ0n) is 26.3. The number of amides is 2. The molecule has 8 nitrogen and oxygen atoms in total. The molecule has 1 fully saturated rings. The molecule has 0 unspecified atom stereocenters. The number of carbonyl (C=O) groups is 3. The molecule has 5 rings (SSSR count). The Bertz CT molecular complexity index is 1760. The summed E-state index contributed by atoms with van der Waals surface area (Å²) in [6, 6.07) is 18.9. The van der Waals surface area contributed by atoms with Crippen molar-refractivity contribution < 1.29 is 41.8 Å². The van der Waals surface area contributed by atoms with Crippen molar-refractivity contribution in [3.8, 4) is 16.9 Å². The van der Waals surface area contributed by atoms with Crippen LogP contribution in [-0.2, 0) is 16.1 Å². The molecule has 0 radical (unpaired) electrons. The maximum absolute atomic E-state index is 14.7. The van der Waals surface area contributed by atoms with Crippen LogP contribution in [0.4, 0.5) is 23.2 Å². The Hall–Kier alpha value is -4.20. The molecule has 2 amide bonds. The van der Waals surface area contributed by atoms with Crippen molar-refractivity contribution in [3.05, 3.63) is 81.9 Å². The van der Waals surface area contributed by atoms with Crippen LogP contribution in [0.15, 0.2) is 60.7 Å². The summed E-state index contributed by atoms with van der Waals surface area (Å²) in [6.45, 7) is 0.323. The number of anilines is 1. The zero-order chi connectivity index (χ0) is 35.2. The van der Waals surface area contributed by atoms with E-state index < -0.39 is 18.0 Å². The third kappa shape index (κ3) is 8.44. The number of carboxylic acid groups (broad SMARTS) is 1. The number of hydrogen-bond acceptors (Lipinski definition) is 6. The molecular weight excluding hydrogens is 674 g/mol. The molecule has 1 aliphatic rings. The Morgan fingerprint density at radius 3 is 2.23 bits per heavy atom. The third-order valence-electron chi connectivity index (χ3n) is 8.24. The summed E-state index contributed by atoms with van der Waals surface area (Å²) in [5.74, 6) is -2.70. The number of carboxylic acids is 1. The van der Waals surface area contributed by atoms with Gasteiger partial charge in [-0.15, -0.1) is 11.3 Å². The first kappa shape index (κ1) is 36.6. The van der Waals surface area contributed by atoms with Crippen molar-refractivity contribution in [1.29, 1.82) is 0 Å². The van der Waals surface area contributed by atoms with Crippen molar-refractivity contribution in [3.63, 3.8) is 0 Å². The molecule has 256 valence electrons. The molecule has 0 spiro atoms. The van der Waals surface area contributed by atoms with Gasteiger partial charge < -0.3 is 25.0 Å². The first-order valence-corrected chi connectivity index (χ1v) is 16.1. The van der Waals surface area contributed by atoms with Gasteiger partial charge >= 0.3 is 12.1 Å². The summed E-state index contributed by atoms with van der Waals surface area (Å²) in [6.07, 6.45) is -0.700. The minimum atomic E-state index is -5.08. The van der Waals surface area contributed by atoms with E-state index in [2.05, 4.69) is 5.32 Å². The van der Waals surface area contributed by atoms with E-state index in [9.17, 15) is 27.2 Å². The molecule has 1 saturated carbocycles. The topological polar surface area (TPSA) is 99.2 Å². The molecule has 3 aromatic carbocycles. The highest BCUT2D eigenvalue weighted by atomic mass is 35.5. The van der Waals surface area contributed by atoms with E-state index in [1.54, 1.807) is 26.3 Å². The van der Waals surface area contributed by atoms with E-state index in [4.69, 9.17) is 26.2 Å². The van der Waals surface area contributed by atoms with Crippen LogP contribution in [0.3, 0.4) is 0 Å². The average molecular weight is 708 g/mol. The fraction of sp³-hybridized carbons (Fsp3) is 0.324. The van der Waals surface area contributed by atoms with Gasteiger partial charge in [0.2, 0.25) is 6.41 Å². The second-order valence-corrected chi connectivity index (χ2v) is 12.6. The van der Waals surface area contributed by atoms with E-state index in [1.165, 1.54) is 22.3 Å². The molecular formula is C34H34ClF4N3O5S. The van der Waals surface area contributed by atoms with Gasteiger partial charge in [-0.05, 0) is 80.3 Å². The first-order valence-electron chi connectivity index (χ1n) is 14.9. The van der Waals surface area contributed by atoms with Crippen molar-refractivity contribution >= 4 is 57.0 Å². The fourth-order valence-corrected chi connectivity index (χ4v) is 7.11. The number of benzene rings is 3. The normalized spacial score (nSPS) is 16.1. The van der Waals surface area contributed by atoms with Gasteiger partial charge in [0.15, 0.2) is 0 Å². The predicted molar refractivity (Wildman–Crippen MR) is 178 cm³/mol. The lowest BCUT2D eigenvalue weighted by Gasteiger charge is -2.37. The lowest BCUT2D eigenvalue weighted by molar-refractivity contribution is -0.192. The van der Waals surface area contributed by atoms with Crippen LogP contribution in [0.25, 0.3) is 21.2 Å². The molecule has 0 atom stereocenters. The summed E-state index contributed by atoms with van der Waals surface area (Å²) in [5.41, 5.74) is 3.61. The van der Waals surface area contributed by atoms with Gasteiger partial charge in [-0.25, -0.2) is 9.18 Å². The summed E-state index contributed by atoms with van der Waals surface area (Å²) in [7, 11) is 5.30. The highest BCUT2D eigenvalue weighted by Gasteiger charge is 2.38. The molecule has 1 aromatic heterocycles. The van der Waals surface area contributed by atoms with Crippen LogP contribution >= 0.6 is 22.9 Å². The van der Waals surface area contributed by atoms with Gasteiger partial charge in [0.05, 0.1) is 12.1 Å². The fourth-order valence-electron chi connectivity index (χ4n) is 5.60. The standard InChI is InChI=1S/C32H33ClFN3O3S.C2HF3O2/c1-35-23-10-14-25(15-11-23)37(32(39)31-30(33)29-26(34)5-4-6-28(29)41-31)18-22-17-21(9-16-27(22)40-3)20-7-12-24(13-8-20)36(2)19-38;3-2(4,5)1(6)7/h4-9,12-13,16-17,19,23,25,35H,10-11,14-15,18H2,1-3H3;(H,6,7). The largest absolute Gasteiger partial charge is 0.496 e. The third-order valence-corrected chi connectivity index (χ3v) is 9.87. The number of nitrogens with one attached hydrogen (secondary N) is 1. The number of hydrogen-bond donors (Lipinski definition) is 2. The smallest absolute Gasteiger partial charge is 0.490 e. The number of ether oxygens (including phenoxy) is 1. The lowest BCUT2D eigenvalue weighted by Crippen LogP contribution is -2.44. The highest BCUT2D eigenvalue weighted by Crippen LogP contribution is 2.39. The Morgan fingerprint density at radius 2 is 1.69 bits per heavy atom. The summed E-state index contributed by atoms with van der Waals surface area (Å²) >= 11 is 7.90. The lowest BCUT2D eigenvalue weighted by atomic mass is 9.89. The second kappa shape index (κ2) is 15.8. The molecule has 1 aliphatic carbocycles. The number of carbonyl (C=O) groups excluding carboxylic acids is 2. The van der Waals surface area contributed by atoms with E-state index in [0.29, 0.717) is 33.3 Å². The average Bonchev–Trinajstić information content (AvgIpc) is 3.43. The van der Waals surface area contributed by atoms with E-state index in [0.717, 1.165) is 54.5 Å².